The number of allylic oxidation sites excluding steroid dienone is 8. The quantitative estimate of drug-likeness (QED) is 0.720. The second-order valence-corrected chi connectivity index (χ2v) is 9.53. The van der Waals surface area contributed by atoms with E-state index in [1.54, 1.807) is 10.9 Å². The monoisotopic (exact) mass is 296 g/mol. The molecule has 0 bridgehead atoms. The normalized spacial score (nSPS) is 16.7. The molecule has 1 aromatic heterocycles. The molecular weight excluding hydrogens is 284 g/mol. The molecule has 0 aromatic carbocycles. The van der Waals surface area contributed by atoms with Gasteiger partial charge in [-0.3, -0.25) is 0 Å². The SMILES string of the molecule is C1=CC[C]([Ti+]([C]2=CC=CC2)[c]2cccs2)=C1.[Cl-]. The van der Waals surface area contributed by atoms with Gasteiger partial charge in [-0.2, -0.15) is 0 Å². The molecule has 0 aliphatic heterocycles. The van der Waals surface area contributed by atoms with Gasteiger partial charge < -0.3 is 12.4 Å². The molecule has 0 fully saturated rings. The van der Waals surface area contributed by atoms with Gasteiger partial charge in [-0.05, 0) is 0 Å². The van der Waals surface area contributed by atoms with Crippen molar-refractivity contribution in [1.82, 2.24) is 0 Å². The van der Waals surface area contributed by atoms with Crippen molar-refractivity contribution in [3.8, 4) is 0 Å². The van der Waals surface area contributed by atoms with Crippen LogP contribution in [0.4, 0.5) is 0 Å². The summed E-state index contributed by atoms with van der Waals surface area (Å²) in [5, 5.41) is 2.22. The molecule has 86 valence electrons. The van der Waals surface area contributed by atoms with Crippen molar-refractivity contribution < 1.29 is 30.3 Å². The van der Waals surface area contributed by atoms with Crippen LogP contribution in [0.15, 0.2) is 61.7 Å². The summed E-state index contributed by atoms with van der Waals surface area (Å²) in [6.45, 7) is 0. The summed E-state index contributed by atoms with van der Waals surface area (Å²) < 4.78 is 5.06. The molecular formula is C14H13ClSTi. The van der Waals surface area contributed by atoms with Gasteiger partial charge >= 0.3 is 107 Å². The van der Waals surface area contributed by atoms with Crippen LogP contribution in [0.2, 0.25) is 0 Å². The van der Waals surface area contributed by atoms with Crippen molar-refractivity contribution in [2.45, 2.75) is 12.8 Å². The predicted molar refractivity (Wildman–Crippen MR) is 67.6 cm³/mol. The summed E-state index contributed by atoms with van der Waals surface area (Å²) in [5.41, 5.74) is 0. The summed E-state index contributed by atoms with van der Waals surface area (Å²) >= 11 is 0.599. The van der Waals surface area contributed by atoms with E-state index in [-0.39, 0.29) is 12.4 Å². The summed E-state index contributed by atoms with van der Waals surface area (Å²) in [4.78, 5) is 0. The Hall–Kier alpha value is -0.336. The van der Waals surface area contributed by atoms with Gasteiger partial charge in [0, 0.05) is 0 Å². The van der Waals surface area contributed by atoms with Crippen LogP contribution in [-0.4, -0.2) is 0 Å². The standard InChI is InChI=1S/2C5H5.C4H3S.ClH.Ti/c3*1-2-4-5-3-1;;/h2*1-3H,4H2;1-3H;1H;/q;;;;+1/p-1. The maximum absolute atomic E-state index is 2.36. The third kappa shape index (κ3) is 2.74. The van der Waals surface area contributed by atoms with Crippen LogP contribution in [0, 0.1) is 0 Å². The Morgan fingerprint density at radius 3 is 2.06 bits per heavy atom. The Morgan fingerprint density at radius 1 is 1.00 bits per heavy atom. The smallest absolute Gasteiger partial charge is 1.00 e. The third-order valence-corrected chi connectivity index (χ3v) is 9.22. The Kier molecular flexibility index (Phi) is 4.64. The van der Waals surface area contributed by atoms with Gasteiger partial charge in [0.1, 0.15) is 0 Å². The molecule has 2 aliphatic carbocycles. The van der Waals surface area contributed by atoms with Crippen molar-refractivity contribution in [3.63, 3.8) is 0 Å². The zero-order chi connectivity index (χ0) is 10.8. The van der Waals surface area contributed by atoms with E-state index in [0.29, 0.717) is 0 Å². The Morgan fingerprint density at radius 2 is 1.65 bits per heavy atom. The van der Waals surface area contributed by atoms with Crippen LogP contribution in [0.25, 0.3) is 0 Å². The molecule has 3 heteroatoms. The minimum atomic E-state index is -1.34. The minimum Gasteiger partial charge on any atom is -1.00 e. The molecule has 2 aliphatic rings. The number of rotatable bonds is 3. The molecule has 0 radical (unpaired) electrons. The second kappa shape index (κ2) is 6.02. The van der Waals surface area contributed by atoms with Crippen LogP contribution in [0.3, 0.4) is 0 Å². The second-order valence-electron chi connectivity index (χ2n) is 4.00. The topological polar surface area (TPSA) is 0 Å². The molecule has 0 spiro atoms. The van der Waals surface area contributed by atoms with E-state index in [9.17, 15) is 0 Å². The molecule has 0 saturated carbocycles. The van der Waals surface area contributed by atoms with Crippen LogP contribution in [-0.2, 0) is 17.9 Å². The molecule has 0 atom stereocenters. The zero-order valence-electron chi connectivity index (χ0n) is 9.40. The van der Waals surface area contributed by atoms with Crippen LogP contribution in [0.5, 0.6) is 0 Å². The Labute approximate surface area is 119 Å². The fourth-order valence-corrected chi connectivity index (χ4v) is 8.61. The summed E-state index contributed by atoms with van der Waals surface area (Å²) in [5.74, 6) is 0. The number of hydrogen-bond donors (Lipinski definition) is 0. The van der Waals surface area contributed by atoms with E-state index >= 15 is 0 Å². The largest absolute Gasteiger partial charge is 1.00 e. The van der Waals surface area contributed by atoms with E-state index in [2.05, 4.69) is 54.0 Å². The first-order chi connectivity index (χ1) is 7.95. The summed E-state index contributed by atoms with van der Waals surface area (Å²) in [7, 11) is 0. The first-order valence-corrected chi connectivity index (χ1v) is 8.80. The van der Waals surface area contributed by atoms with E-state index in [0.717, 1.165) is 0 Å². The Balaban J connectivity index is 0.00000108. The maximum atomic E-state index is 2.36. The van der Waals surface area contributed by atoms with Crippen LogP contribution < -0.4 is 15.6 Å². The average molecular weight is 297 g/mol. The van der Waals surface area contributed by atoms with Gasteiger partial charge in [0.2, 0.25) is 0 Å². The Bertz CT molecular complexity index is 464. The molecule has 0 nitrogen and oxygen atoms in total. The van der Waals surface area contributed by atoms with Gasteiger partial charge in [0.15, 0.2) is 0 Å². The summed E-state index contributed by atoms with van der Waals surface area (Å²) in [6, 6.07) is 4.53. The molecule has 0 unspecified atom stereocenters. The average Bonchev–Trinajstić information content (AvgIpc) is 3.02. The molecule has 1 aromatic rings. The first-order valence-electron chi connectivity index (χ1n) is 5.58. The molecule has 0 N–H and O–H groups in total. The van der Waals surface area contributed by atoms with Gasteiger partial charge in [-0.1, -0.05) is 0 Å². The van der Waals surface area contributed by atoms with Gasteiger partial charge in [0.25, 0.3) is 0 Å². The first kappa shape index (κ1) is 13.1. The summed E-state index contributed by atoms with van der Waals surface area (Å²) in [6.07, 6.45) is 16.1. The maximum Gasteiger partial charge on any atom is -1.00 e. The molecule has 0 saturated heterocycles. The van der Waals surface area contributed by atoms with E-state index in [4.69, 9.17) is 0 Å². The van der Waals surface area contributed by atoms with Crippen molar-refractivity contribution in [1.29, 1.82) is 0 Å². The van der Waals surface area contributed by atoms with Gasteiger partial charge in [-0.15, -0.1) is 0 Å². The third-order valence-electron chi connectivity index (χ3n) is 2.95. The molecule has 3 rings (SSSR count). The molecule has 1 heterocycles. The van der Waals surface area contributed by atoms with E-state index < -0.39 is 17.9 Å². The van der Waals surface area contributed by atoms with E-state index in [1.165, 1.54) is 12.8 Å². The van der Waals surface area contributed by atoms with Crippen molar-refractivity contribution in [2.75, 3.05) is 0 Å². The van der Waals surface area contributed by atoms with Crippen molar-refractivity contribution >= 4 is 14.5 Å². The predicted octanol–water partition coefficient (Wildman–Crippen LogP) is 0.683. The fourth-order valence-electron chi connectivity index (χ4n) is 2.21. The van der Waals surface area contributed by atoms with Crippen molar-refractivity contribution in [3.05, 3.63) is 61.7 Å². The van der Waals surface area contributed by atoms with Crippen LogP contribution >= 0.6 is 11.3 Å². The van der Waals surface area contributed by atoms with Crippen molar-refractivity contribution in [2.24, 2.45) is 0 Å². The van der Waals surface area contributed by atoms with Crippen LogP contribution in [0.1, 0.15) is 12.8 Å². The van der Waals surface area contributed by atoms with E-state index in [1.807, 2.05) is 11.3 Å². The number of thiophene rings is 1. The van der Waals surface area contributed by atoms with Gasteiger partial charge in [0.05, 0.1) is 0 Å². The molecule has 0 amide bonds. The number of hydrogen-bond acceptors (Lipinski definition) is 1. The molecule has 17 heavy (non-hydrogen) atoms. The minimum absolute atomic E-state index is 0. The zero-order valence-corrected chi connectivity index (χ0v) is 12.5. The van der Waals surface area contributed by atoms with Gasteiger partial charge in [-0.25, -0.2) is 0 Å². The fraction of sp³-hybridized carbons (Fsp3) is 0.143. The number of halogens is 1.